The third-order valence-electron chi connectivity index (χ3n) is 5.45. The molecule has 0 aromatic heterocycles. The van der Waals surface area contributed by atoms with Gasteiger partial charge < -0.3 is 13.8 Å². The van der Waals surface area contributed by atoms with Crippen LogP contribution in [0.1, 0.15) is 28.8 Å². The van der Waals surface area contributed by atoms with Crippen molar-refractivity contribution in [3.63, 3.8) is 0 Å². The molecule has 0 spiro atoms. The summed E-state index contributed by atoms with van der Waals surface area (Å²) in [4.78, 5) is 15.0. The van der Waals surface area contributed by atoms with Gasteiger partial charge in [-0.05, 0) is 61.2 Å². The zero-order valence-corrected chi connectivity index (χ0v) is 19.7. The number of benzene rings is 3. The van der Waals surface area contributed by atoms with Crippen LogP contribution < -0.4 is 8.92 Å². The summed E-state index contributed by atoms with van der Waals surface area (Å²) >= 11 is 6.27. The van der Waals surface area contributed by atoms with Crippen molar-refractivity contribution >= 4 is 27.6 Å². The van der Waals surface area contributed by atoms with E-state index in [1.54, 1.807) is 65.6 Å². The van der Waals surface area contributed by atoms with Gasteiger partial charge in [0.05, 0.1) is 17.7 Å². The molecule has 3 aromatic carbocycles. The summed E-state index contributed by atoms with van der Waals surface area (Å²) in [5.41, 5.74) is 1.01. The van der Waals surface area contributed by atoms with E-state index >= 15 is 0 Å². The first kappa shape index (κ1) is 23.1. The van der Waals surface area contributed by atoms with Crippen molar-refractivity contribution in [1.29, 1.82) is 0 Å². The summed E-state index contributed by atoms with van der Waals surface area (Å²) in [5.74, 6) is 0.970. The molecular weight excluding hydrogens is 462 g/mol. The van der Waals surface area contributed by atoms with Gasteiger partial charge in [-0.3, -0.25) is 4.79 Å². The molecular formula is C25H24ClNO5S. The van der Waals surface area contributed by atoms with Crippen molar-refractivity contribution in [3.8, 4) is 11.5 Å². The number of amides is 1. The van der Waals surface area contributed by atoms with E-state index in [1.807, 2.05) is 0 Å². The lowest BCUT2D eigenvalue weighted by Gasteiger charge is -2.24. The van der Waals surface area contributed by atoms with Crippen molar-refractivity contribution in [2.75, 3.05) is 13.7 Å². The van der Waals surface area contributed by atoms with Crippen molar-refractivity contribution in [2.45, 2.75) is 24.3 Å². The van der Waals surface area contributed by atoms with E-state index in [0.29, 0.717) is 34.4 Å². The van der Waals surface area contributed by atoms with Gasteiger partial charge in [0.15, 0.2) is 0 Å². The molecule has 1 amide bonds. The van der Waals surface area contributed by atoms with Crippen LogP contribution in [-0.2, 0) is 16.7 Å². The van der Waals surface area contributed by atoms with Crippen molar-refractivity contribution in [2.24, 2.45) is 5.92 Å². The molecule has 172 valence electrons. The van der Waals surface area contributed by atoms with Crippen LogP contribution >= 0.6 is 11.6 Å². The number of ether oxygens (including phenoxy) is 1. The Morgan fingerprint density at radius 3 is 2.33 bits per heavy atom. The molecule has 0 heterocycles. The Bertz CT molecular complexity index is 1240. The van der Waals surface area contributed by atoms with Crippen LogP contribution in [0.15, 0.2) is 77.7 Å². The predicted octanol–water partition coefficient (Wildman–Crippen LogP) is 5.17. The van der Waals surface area contributed by atoms with Gasteiger partial charge in [0, 0.05) is 18.7 Å². The molecule has 0 unspecified atom stereocenters. The van der Waals surface area contributed by atoms with Crippen LogP contribution in [0.4, 0.5) is 0 Å². The molecule has 8 heteroatoms. The van der Waals surface area contributed by atoms with Crippen LogP contribution in [0.5, 0.6) is 11.5 Å². The molecule has 0 radical (unpaired) electrons. The highest BCUT2D eigenvalue weighted by Gasteiger charge is 2.29. The lowest BCUT2D eigenvalue weighted by atomic mass is 10.1. The maximum atomic E-state index is 13.3. The Morgan fingerprint density at radius 2 is 1.67 bits per heavy atom. The van der Waals surface area contributed by atoms with Gasteiger partial charge in [-0.1, -0.05) is 41.9 Å². The zero-order valence-electron chi connectivity index (χ0n) is 18.1. The summed E-state index contributed by atoms with van der Waals surface area (Å²) < 4.78 is 36.3. The first-order valence-corrected chi connectivity index (χ1v) is 12.4. The molecule has 1 saturated carbocycles. The molecule has 33 heavy (non-hydrogen) atoms. The third kappa shape index (κ3) is 5.67. The standard InChI is InChI=1S/C25H24ClNO5S/c1-31-20-12-14-21(15-13-20)33(29,30)32-24-9-5-2-6-19(24)17-27(16-18-10-11-18)25(28)22-7-3-4-8-23(22)26/h2-9,12-15,18H,10-11,16-17H2,1H3. The Hall–Kier alpha value is -3.03. The van der Waals surface area contributed by atoms with Crippen LogP contribution in [0.2, 0.25) is 5.02 Å². The lowest BCUT2D eigenvalue weighted by molar-refractivity contribution is 0.0734. The smallest absolute Gasteiger partial charge is 0.339 e. The molecule has 6 nitrogen and oxygen atoms in total. The number of para-hydroxylation sites is 1. The summed E-state index contributed by atoms with van der Waals surface area (Å²) in [6.07, 6.45) is 2.13. The number of hydrogen-bond donors (Lipinski definition) is 0. The Kier molecular flexibility index (Phi) is 6.91. The Morgan fingerprint density at radius 1 is 1.00 bits per heavy atom. The second kappa shape index (κ2) is 9.85. The highest BCUT2D eigenvalue weighted by molar-refractivity contribution is 7.87. The highest BCUT2D eigenvalue weighted by Crippen LogP contribution is 2.32. The fourth-order valence-corrected chi connectivity index (χ4v) is 4.65. The molecule has 0 bridgehead atoms. The second-order valence-corrected chi connectivity index (χ2v) is 9.88. The summed E-state index contributed by atoms with van der Waals surface area (Å²) in [6.45, 7) is 0.776. The lowest BCUT2D eigenvalue weighted by Crippen LogP contribution is -2.33. The van der Waals surface area contributed by atoms with E-state index in [9.17, 15) is 13.2 Å². The highest BCUT2D eigenvalue weighted by atomic mass is 35.5. The van der Waals surface area contributed by atoms with Crippen molar-refractivity contribution in [1.82, 2.24) is 4.90 Å². The van der Waals surface area contributed by atoms with Crippen molar-refractivity contribution in [3.05, 3.63) is 88.9 Å². The van der Waals surface area contributed by atoms with Crippen molar-refractivity contribution < 1.29 is 22.1 Å². The van der Waals surface area contributed by atoms with E-state index in [2.05, 4.69) is 0 Å². The van der Waals surface area contributed by atoms with Crippen LogP contribution in [-0.4, -0.2) is 32.9 Å². The fraction of sp³-hybridized carbons (Fsp3) is 0.240. The van der Waals surface area contributed by atoms with Gasteiger partial charge >= 0.3 is 10.1 Å². The maximum absolute atomic E-state index is 13.3. The maximum Gasteiger partial charge on any atom is 0.339 e. The first-order valence-electron chi connectivity index (χ1n) is 10.6. The topological polar surface area (TPSA) is 72.9 Å². The molecule has 0 aliphatic heterocycles. The van der Waals surface area contributed by atoms with E-state index in [4.69, 9.17) is 20.5 Å². The molecule has 0 saturated heterocycles. The minimum absolute atomic E-state index is 0.0140. The molecule has 3 aromatic rings. The van der Waals surface area contributed by atoms with E-state index < -0.39 is 10.1 Å². The second-order valence-electron chi connectivity index (χ2n) is 7.93. The fourth-order valence-electron chi connectivity index (χ4n) is 3.47. The van der Waals surface area contributed by atoms with Crippen LogP contribution in [0.3, 0.4) is 0 Å². The summed E-state index contributed by atoms with van der Waals surface area (Å²) in [6, 6.07) is 19.7. The summed E-state index contributed by atoms with van der Waals surface area (Å²) in [5, 5.41) is 0.384. The number of hydrogen-bond acceptors (Lipinski definition) is 5. The molecule has 0 atom stereocenters. The number of carbonyl (C=O) groups is 1. The monoisotopic (exact) mass is 485 g/mol. The Labute approximate surface area is 198 Å². The average Bonchev–Trinajstić information content (AvgIpc) is 3.64. The van der Waals surface area contributed by atoms with E-state index in [0.717, 1.165) is 12.8 Å². The van der Waals surface area contributed by atoms with Gasteiger partial charge in [-0.25, -0.2) is 0 Å². The minimum atomic E-state index is -4.07. The normalized spacial score (nSPS) is 13.4. The average molecular weight is 486 g/mol. The minimum Gasteiger partial charge on any atom is -0.497 e. The third-order valence-corrected chi connectivity index (χ3v) is 7.03. The van der Waals surface area contributed by atoms with Gasteiger partial charge in [0.1, 0.15) is 16.4 Å². The SMILES string of the molecule is COc1ccc(S(=O)(=O)Oc2ccccc2CN(CC2CC2)C(=O)c2ccccc2Cl)cc1. The van der Waals surface area contributed by atoms with Gasteiger partial charge in [0.2, 0.25) is 0 Å². The van der Waals surface area contributed by atoms with E-state index in [1.165, 1.54) is 19.2 Å². The van der Waals surface area contributed by atoms with Crippen LogP contribution in [0, 0.1) is 5.92 Å². The van der Waals surface area contributed by atoms with Gasteiger partial charge in [0.25, 0.3) is 5.91 Å². The number of methoxy groups -OCH3 is 1. The van der Waals surface area contributed by atoms with Crippen LogP contribution in [0.25, 0.3) is 0 Å². The number of carbonyl (C=O) groups excluding carboxylic acids is 1. The molecule has 1 fully saturated rings. The number of nitrogens with zero attached hydrogens (tertiary/aromatic N) is 1. The quantitative estimate of drug-likeness (QED) is 0.391. The summed E-state index contributed by atoms with van der Waals surface area (Å²) in [7, 11) is -2.56. The molecule has 1 aliphatic carbocycles. The zero-order chi connectivity index (χ0) is 23.4. The van der Waals surface area contributed by atoms with E-state index in [-0.39, 0.29) is 23.1 Å². The number of rotatable bonds is 9. The van der Waals surface area contributed by atoms with Gasteiger partial charge in [-0.2, -0.15) is 8.42 Å². The van der Waals surface area contributed by atoms with Gasteiger partial charge in [-0.15, -0.1) is 0 Å². The Balaban J connectivity index is 1.59. The molecule has 1 aliphatic rings. The predicted molar refractivity (Wildman–Crippen MR) is 126 cm³/mol. The largest absolute Gasteiger partial charge is 0.497 e. The molecule has 4 rings (SSSR count). The molecule has 0 N–H and O–H groups in total. The number of halogens is 1. The first-order chi connectivity index (χ1) is 15.9.